The lowest BCUT2D eigenvalue weighted by Gasteiger charge is -2.19. The first kappa shape index (κ1) is 23.1. The fourth-order valence-corrected chi connectivity index (χ4v) is 2.85. The summed E-state index contributed by atoms with van der Waals surface area (Å²) < 4.78 is 5.16. The Hall–Kier alpha value is -3.14. The zero-order valence-corrected chi connectivity index (χ0v) is 16.9. The Balaban J connectivity index is 1.79. The van der Waals surface area contributed by atoms with Gasteiger partial charge in [0.05, 0.1) is 0 Å². The molecule has 0 aliphatic carbocycles. The largest absolute Gasteiger partial charge is 0.508 e. The van der Waals surface area contributed by atoms with Crippen molar-refractivity contribution in [2.45, 2.75) is 44.9 Å². The number of rotatable bonds is 11. The summed E-state index contributed by atoms with van der Waals surface area (Å²) in [6.45, 7) is 3.52. The van der Waals surface area contributed by atoms with Gasteiger partial charge in [-0.2, -0.15) is 0 Å². The molecule has 0 unspecified atom stereocenters. The van der Waals surface area contributed by atoms with Gasteiger partial charge in [-0.05, 0) is 36.5 Å². The number of carbonyl (C=O) groups is 4. The molecule has 1 saturated heterocycles. The Morgan fingerprint density at radius 3 is 2.27 bits per heavy atom. The number of carboxylic acid groups (broad SMARTS) is 1. The van der Waals surface area contributed by atoms with Gasteiger partial charge in [0.1, 0.15) is 18.3 Å². The number of aliphatic carboxylic acids is 1. The molecular weight excluding hydrogens is 394 g/mol. The van der Waals surface area contributed by atoms with E-state index in [2.05, 4.69) is 16.0 Å². The molecule has 10 nitrogen and oxygen atoms in total. The normalized spacial score (nSPS) is 18.4. The third-order valence-corrected chi connectivity index (χ3v) is 4.41. The van der Waals surface area contributed by atoms with Gasteiger partial charge < -0.3 is 30.9 Å². The minimum atomic E-state index is -1.19. The first-order valence-corrected chi connectivity index (χ1v) is 9.68. The molecule has 1 aromatic carbocycles. The van der Waals surface area contributed by atoms with Crippen molar-refractivity contribution in [3.8, 4) is 5.75 Å². The summed E-state index contributed by atoms with van der Waals surface area (Å²) in [6, 6.07) is 5.69. The van der Waals surface area contributed by atoms with Crippen LogP contribution in [0.15, 0.2) is 24.3 Å². The number of amides is 3. The van der Waals surface area contributed by atoms with Crippen molar-refractivity contribution in [3.05, 3.63) is 29.8 Å². The molecule has 0 spiro atoms. The summed E-state index contributed by atoms with van der Waals surface area (Å²) in [5, 5.41) is 25.4. The van der Waals surface area contributed by atoms with Crippen LogP contribution in [0, 0.1) is 5.92 Å². The summed E-state index contributed by atoms with van der Waals surface area (Å²) in [6.07, 6.45) is -1.05. The first-order valence-electron chi connectivity index (χ1n) is 9.68. The van der Waals surface area contributed by atoms with E-state index in [-0.39, 0.29) is 11.7 Å². The van der Waals surface area contributed by atoms with Crippen LogP contribution in [0.25, 0.3) is 0 Å². The fraction of sp³-hybridized carbons (Fsp3) is 0.500. The molecule has 164 valence electrons. The Bertz CT molecular complexity index is 779. The molecule has 30 heavy (non-hydrogen) atoms. The summed E-state index contributed by atoms with van der Waals surface area (Å²) in [4.78, 5) is 47.3. The van der Waals surface area contributed by atoms with E-state index in [0.717, 1.165) is 5.56 Å². The molecule has 2 rings (SSSR count). The predicted octanol–water partition coefficient (Wildman–Crippen LogP) is -0.450. The zero-order chi connectivity index (χ0) is 22.3. The molecule has 1 aliphatic heterocycles. The first-order chi connectivity index (χ1) is 14.2. The molecule has 3 amide bonds. The minimum Gasteiger partial charge on any atom is -0.508 e. The number of carboxylic acids is 1. The van der Waals surface area contributed by atoms with Gasteiger partial charge in [-0.15, -0.1) is 0 Å². The van der Waals surface area contributed by atoms with Crippen molar-refractivity contribution < 1.29 is 34.1 Å². The SMILES string of the molecule is CC(C)C[C@H](NC(=O)[C@H]1O[C@@H]1C(=O)NCCc1ccc(O)cc1)C(=O)NCC(=O)O. The van der Waals surface area contributed by atoms with E-state index in [9.17, 15) is 24.3 Å². The van der Waals surface area contributed by atoms with E-state index in [1.807, 2.05) is 13.8 Å². The summed E-state index contributed by atoms with van der Waals surface area (Å²) in [5.41, 5.74) is 0.933. The number of epoxide rings is 1. The van der Waals surface area contributed by atoms with Crippen molar-refractivity contribution in [1.29, 1.82) is 0 Å². The van der Waals surface area contributed by atoms with Crippen molar-refractivity contribution >= 4 is 23.7 Å². The van der Waals surface area contributed by atoms with Crippen molar-refractivity contribution in [2.75, 3.05) is 13.1 Å². The van der Waals surface area contributed by atoms with Gasteiger partial charge in [0.2, 0.25) is 5.91 Å². The molecule has 1 fully saturated rings. The van der Waals surface area contributed by atoms with Crippen molar-refractivity contribution in [1.82, 2.24) is 16.0 Å². The van der Waals surface area contributed by atoms with Crippen LogP contribution in [0.3, 0.4) is 0 Å². The van der Waals surface area contributed by atoms with Crippen LogP contribution >= 0.6 is 0 Å². The quantitative estimate of drug-likeness (QED) is 0.303. The summed E-state index contributed by atoms with van der Waals surface area (Å²) >= 11 is 0. The van der Waals surface area contributed by atoms with Crippen molar-refractivity contribution in [3.63, 3.8) is 0 Å². The lowest BCUT2D eigenvalue weighted by Crippen LogP contribution is -2.50. The van der Waals surface area contributed by atoms with Gasteiger partial charge >= 0.3 is 5.97 Å². The number of benzene rings is 1. The van der Waals surface area contributed by atoms with Gasteiger partial charge in [-0.25, -0.2) is 0 Å². The van der Waals surface area contributed by atoms with Crippen LogP contribution in [-0.2, 0) is 30.3 Å². The maximum absolute atomic E-state index is 12.3. The number of hydrogen-bond donors (Lipinski definition) is 5. The molecule has 5 N–H and O–H groups in total. The minimum absolute atomic E-state index is 0.0741. The van der Waals surface area contributed by atoms with Crippen LogP contribution in [0.5, 0.6) is 5.75 Å². The summed E-state index contributed by atoms with van der Waals surface area (Å²) in [7, 11) is 0. The Morgan fingerprint density at radius 2 is 1.67 bits per heavy atom. The molecular formula is C20H27N3O7. The average molecular weight is 421 g/mol. The van der Waals surface area contributed by atoms with Gasteiger partial charge in [-0.3, -0.25) is 19.2 Å². The number of phenols is 1. The second-order valence-corrected chi connectivity index (χ2v) is 7.49. The third-order valence-electron chi connectivity index (χ3n) is 4.41. The van der Waals surface area contributed by atoms with E-state index < -0.39 is 48.5 Å². The maximum atomic E-state index is 12.3. The Morgan fingerprint density at radius 1 is 1.03 bits per heavy atom. The fourth-order valence-electron chi connectivity index (χ4n) is 2.85. The van der Waals surface area contributed by atoms with Gasteiger partial charge in [-0.1, -0.05) is 26.0 Å². The number of carbonyl (C=O) groups excluding carboxylic acids is 3. The predicted molar refractivity (Wildman–Crippen MR) is 106 cm³/mol. The highest BCUT2D eigenvalue weighted by atomic mass is 16.6. The van der Waals surface area contributed by atoms with Crippen LogP contribution in [0.2, 0.25) is 0 Å². The number of phenolic OH excluding ortho intramolecular Hbond substituents is 1. The second-order valence-electron chi connectivity index (χ2n) is 7.49. The van der Waals surface area contributed by atoms with E-state index in [0.29, 0.717) is 19.4 Å². The molecule has 1 aliphatic rings. The molecule has 1 heterocycles. The molecule has 0 bridgehead atoms. The third kappa shape index (κ3) is 7.36. The van der Waals surface area contributed by atoms with E-state index in [4.69, 9.17) is 9.84 Å². The van der Waals surface area contributed by atoms with Gasteiger partial charge in [0.15, 0.2) is 12.2 Å². The molecule has 0 saturated carbocycles. The van der Waals surface area contributed by atoms with Crippen LogP contribution < -0.4 is 16.0 Å². The lowest BCUT2D eigenvalue weighted by molar-refractivity contribution is -0.138. The number of nitrogens with one attached hydrogen (secondary N) is 3. The second kappa shape index (κ2) is 10.6. The zero-order valence-electron chi connectivity index (χ0n) is 16.9. The molecule has 1 aromatic rings. The van der Waals surface area contributed by atoms with Crippen LogP contribution in [-0.4, -0.2) is 65.2 Å². The molecule has 0 aromatic heterocycles. The highest BCUT2D eigenvalue weighted by molar-refractivity contribution is 5.97. The standard InChI is InChI=1S/C20H27N3O7/c1-11(2)9-14(18(27)22-10-15(25)26)23-20(29)17-16(30-17)19(28)21-8-7-12-3-5-13(24)6-4-12/h3-6,11,14,16-17,24H,7-10H2,1-2H3,(H,21,28)(H,22,27)(H,23,29)(H,25,26)/t14-,16-,17-/m0/s1. The lowest BCUT2D eigenvalue weighted by atomic mass is 10.0. The number of aromatic hydroxyl groups is 1. The van der Waals surface area contributed by atoms with E-state index >= 15 is 0 Å². The number of ether oxygens (including phenoxy) is 1. The molecule has 0 radical (unpaired) electrons. The van der Waals surface area contributed by atoms with Crippen LogP contribution in [0.4, 0.5) is 0 Å². The Kier molecular flexibility index (Phi) is 8.16. The topological polar surface area (TPSA) is 157 Å². The van der Waals surface area contributed by atoms with E-state index in [1.165, 1.54) is 0 Å². The molecule has 3 atom stereocenters. The number of hydrogen-bond acceptors (Lipinski definition) is 6. The highest BCUT2D eigenvalue weighted by Gasteiger charge is 2.50. The smallest absolute Gasteiger partial charge is 0.322 e. The van der Waals surface area contributed by atoms with Crippen molar-refractivity contribution in [2.24, 2.45) is 5.92 Å². The van der Waals surface area contributed by atoms with Gasteiger partial charge in [0.25, 0.3) is 11.8 Å². The Labute approximate surface area is 174 Å². The summed E-state index contributed by atoms with van der Waals surface area (Å²) in [5.74, 6) is -2.57. The average Bonchev–Trinajstić information content (AvgIpc) is 3.47. The monoisotopic (exact) mass is 421 g/mol. The van der Waals surface area contributed by atoms with Crippen LogP contribution in [0.1, 0.15) is 25.8 Å². The molecule has 10 heteroatoms. The van der Waals surface area contributed by atoms with E-state index in [1.54, 1.807) is 24.3 Å². The maximum Gasteiger partial charge on any atom is 0.322 e. The highest BCUT2D eigenvalue weighted by Crippen LogP contribution is 2.23. The van der Waals surface area contributed by atoms with Gasteiger partial charge in [0, 0.05) is 6.54 Å².